The summed E-state index contributed by atoms with van der Waals surface area (Å²) in [6.07, 6.45) is 0.631. The van der Waals surface area contributed by atoms with E-state index in [2.05, 4.69) is 18.7 Å². The van der Waals surface area contributed by atoms with Crippen molar-refractivity contribution in [2.75, 3.05) is 25.4 Å². The molecule has 0 radical (unpaired) electrons. The molecule has 2 N–H and O–H groups in total. The van der Waals surface area contributed by atoms with Crippen LogP contribution in [-0.2, 0) is 9.84 Å². The van der Waals surface area contributed by atoms with E-state index in [1.807, 2.05) is 19.1 Å². The predicted octanol–water partition coefficient (Wildman–Crippen LogP) is 2.21. The van der Waals surface area contributed by atoms with Crippen LogP contribution in [0.1, 0.15) is 38.8 Å². The second kappa shape index (κ2) is 7.76. The fourth-order valence-corrected chi connectivity index (χ4v) is 3.50. The third-order valence-electron chi connectivity index (χ3n) is 3.49. The summed E-state index contributed by atoms with van der Waals surface area (Å²) in [4.78, 5) is 2.64. The van der Waals surface area contributed by atoms with Gasteiger partial charge >= 0.3 is 0 Å². The van der Waals surface area contributed by atoms with Crippen LogP contribution in [0.4, 0.5) is 0 Å². The van der Waals surface area contributed by atoms with Crippen LogP contribution in [0, 0.1) is 0 Å². The van der Waals surface area contributed by atoms with Crippen molar-refractivity contribution < 1.29 is 8.42 Å². The maximum absolute atomic E-state index is 11.9. The molecule has 0 bridgehead atoms. The number of benzene rings is 1. The summed E-state index contributed by atoms with van der Waals surface area (Å²) in [6.45, 7) is 8.80. The Labute approximate surface area is 122 Å². The lowest BCUT2D eigenvalue weighted by Crippen LogP contribution is -2.31. The van der Waals surface area contributed by atoms with Gasteiger partial charge in [-0.3, -0.25) is 0 Å². The number of likely N-dealkylation sites (N-methyl/N-ethyl adjacent to an activating group) is 1. The van der Waals surface area contributed by atoms with Crippen LogP contribution >= 0.6 is 0 Å². The van der Waals surface area contributed by atoms with Crippen LogP contribution in [0.5, 0.6) is 0 Å². The normalized spacial score (nSPS) is 13.7. The third-order valence-corrected chi connectivity index (χ3v) is 5.43. The summed E-state index contributed by atoms with van der Waals surface area (Å²) >= 11 is 0. The number of hydrogen-bond acceptors (Lipinski definition) is 4. The highest BCUT2D eigenvalue weighted by Crippen LogP contribution is 2.17. The topological polar surface area (TPSA) is 63.4 Å². The quantitative estimate of drug-likeness (QED) is 0.799. The molecule has 0 amide bonds. The molecule has 1 aromatic carbocycles. The van der Waals surface area contributed by atoms with Crippen LogP contribution in [0.2, 0.25) is 0 Å². The first-order chi connectivity index (χ1) is 9.44. The first-order valence-corrected chi connectivity index (χ1v) is 8.90. The van der Waals surface area contributed by atoms with Gasteiger partial charge in [0.25, 0.3) is 0 Å². The summed E-state index contributed by atoms with van der Waals surface area (Å²) in [7, 11) is -3.14. The molecule has 20 heavy (non-hydrogen) atoms. The summed E-state index contributed by atoms with van der Waals surface area (Å²) in [6, 6.07) is 6.91. The molecule has 4 nitrogen and oxygen atoms in total. The van der Waals surface area contributed by atoms with E-state index >= 15 is 0 Å². The SMILES string of the molecule is CCCS(=O)(=O)c1ccc(C(N)CN(CC)CC)cc1. The van der Waals surface area contributed by atoms with Crippen LogP contribution in [-0.4, -0.2) is 38.7 Å². The zero-order valence-electron chi connectivity index (χ0n) is 12.7. The van der Waals surface area contributed by atoms with Crippen molar-refractivity contribution in [3.63, 3.8) is 0 Å². The zero-order valence-corrected chi connectivity index (χ0v) is 13.5. The van der Waals surface area contributed by atoms with Crippen molar-refractivity contribution in [1.82, 2.24) is 4.90 Å². The molecule has 0 heterocycles. The molecule has 1 atom stereocenters. The Kier molecular flexibility index (Phi) is 6.65. The van der Waals surface area contributed by atoms with Crippen molar-refractivity contribution >= 4 is 9.84 Å². The van der Waals surface area contributed by atoms with Gasteiger partial charge < -0.3 is 10.6 Å². The average molecular weight is 298 g/mol. The molecule has 1 rings (SSSR count). The van der Waals surface area contributed by atoms with E-state index in [1.54, 1.807) is 12.1 Å². The van der Waals surface area contributed by atoms with E-state index in [1.165, 1.54) is 0 Å². The summed E-state index contributed by atoms with van der Waals surface area (Å²) in [5.41, 5.74) is 7.15. The molecular weight excluding hydrogens is 272 g/mol. The number of hydrogen-bond donors (Lipinski definition) is 1. The maximum atomic E-state index is 11.9. The Morgan fingerprint density at radius 1 is 1.10 bits per heavy atom. The molecule has 0 aliphatic rings. The van der Waals surface area contributed by atoms with Crippen molar-refractivity contribution in [2.24, 2.45) is 5.73 Å². The fourth-order valence-electron chi connectivity index (χ4n) is 2.17. The molecule has 0 aliphatic heterocycles. The number of nitrogens with zero attached hydrogens (tertiary/aromatic N) is 1. The Morgan fingerprint density at radius 3 is 2.10 bits per heavy atom. The first kappa shape index (κ1) is 17.1. The maximum Gasteiger partial charge on any atom is 0.178 e. The Morgan fingerprint density at radius 2 is 1.65 bits per heavy atom. The zero-order chi connectivity index (χ0) is 15.2. The van der Waals surface area contributed by atoms with Crippen molar-refractivity contribution in [1.29, 1.82) is 0 Å². The molecule has 0 saturated carbocycles. The van der Waals surface area contributed by atoms with Gasteiger partial charge in [0, 0.05) is 12.6 Å². The number of sulfone groups is 1. The molecule has 1 unspecified atom stereocenters. The van der Waals surface area contributed by atoms with Gasteiger partial charge in [0.2, 0.25) is 0 Å². The van der Waals surface area contributed by atoms with Crippen molar-refractivity contribution in [3.8, 4) is 0 Å². The predicted molar refractivity (Wildman–Crippen MR) is 83.5 cm³/mol. The van der Waals surface area contributed by atoms with Crippen LogP contribution in [0.3, 0.4) is 0 Å². The van der Waals surface area contributed by atoms with Gasteiger partial charge in [0.15, 0.2) is 9.84 Å². The van der Waals surface area contributed by atoms with Gasteiger partial charge in [-0.1, -0.05) is 32.9 Å². The van der Waals surface area contributed by atoms with Gasteiger partial charge in [-0.25, -0.2) is 8.42 Å². The standard InChI is InChI=1S/C15H26N2O2S/c1-4-11-20(18,19)14-9-7-13(8-10-14)15(16)12-17(5-2)6-3/h7-10,15H,4-6,11-12,16H2,1-3H3. The van der Waals surface area contributed by atoms with Gasteiger partial charge in [-0.05, 0) is 37.2 Å². The van der Waals surface area contributed by atoms with Gasteiger partial charge in [0.05, 0.1) is 10.6 Å². The van der Waals surface area contributed by atoms with E-state index in [0.29, 0.717) is 11.3 Å². The number of rotatable bonds is 8. The molecule has 0 saturated heterocycles. The van der Waals surface area contributed by atoms with Crippen LogP contribution in [0.15, 0.2) is 29.2 Å². The molecule has 114 valence electrons. The average Bonchev–Trinajstić information content (AvgIpc) is 2.44. The molecule has 5 heteroatoms. The monoisotopic (exact) mass is 298 g/mol. The molecule has 0 fully saturated rings. The molecule has 0 aromatic heterocycles. The lowest BCUT2D eigenvalue weighted by molar-refractivity contribution is 0.284. The van der Waals surface area contributed by atoms with Gasteiger partial charge in [-0.2, -0.15) is 0 Å². The molecule has 0 spiro atoms. The summed E-state index contributed by atoms with van der Waals surface area (Å²) < 4.78 is 23.9. The second-order valence-electron chi connectivity index (χ2n) is 4.98. The van der Waals surface area contributed by atoms with Crippen LogP contribution < -0.4 is 5.73 Å². The molecule has 0 aliphatic carbocycles. The minimum atomic E-state index is -3.14. The van der Waals surface area contributed by atoms with Gasteiger partial charge in [0.1, 0.15) is 0 Å². The van der Waals surface area contributed by atoms with Crippen LogP contribution in [0.25, 0.3) is 0 Å². The van der Waals surface area contributed by atoms with E-state index in [9.17, 15) is 8.42 Å². The lowest BCUT2D eigenvalue weighted by atomic mass is 10.1. The smallest absolute Gasteiger partial charge is 0.178 e. The second-order valence-corrected chi connectivity index (χ2v) is 7.09. The van der Waals surface area contributed by atoms with Crippen molar-refractivity contribution in [3.05, 3.63) is 29.8 Å². The van der Waals surface area contributed by atoms with Gasteiger partial charge in [-0.15, -0.1) is 0 Å². The van der Waals surface area contributed by atoms with Crippen molar-refractivity contribution in [2.45, 2.75) is 38.1 Å². The first-order valence-electron chi connectivity index (χ1n) is 7.25. The molecular formula is C15H26N2O2S. The highest BCUT2D eigenvalue weighted by Gasteiger charge is 2.14. The highest BCUT2D eigenvalue weighted by atomic mass is 32.2. The lowest BCUT2D eigenvalue weighted by Gasteiger charge is -2.22. The number of nitrogens with two attached hydrogens (primary N) is 1. The van der Waals surface area contributed by atoms with E-state index in [4.69, 9.17) is 5.73 Å². The fraction of sp³-hybridized carbons (Fsp3) is 0.600. The molecule has 1 aromatic rings. The summed E-state index contributed by atoms with van der Waals surface area (Å²) in [5.74, 6) is 0.192. The van der Waals surface area contributed by atoms with E-state index in [0.717, 1.165) is 25.2 Å². The Hall–Kier alpha value is -0.910. The highest BCUT2D eigenvalue weighted by molar-refractivity contribution is 7.91. The van der Waals surface area contributed by atoms with E-state index in [-0.39, 0.29) is 11.8 Å². The van der Waals surface area contributed by atoms with E-state index < -0.39 is 9.84 Å². The summed E-state index contributed by atoms with van der Waals surface area (Å²) in [5, 5.41) is 0. The minimum absolute atomic E-state index is 0.0853. The third kappa shape index (κ3) is 4.58. The minimum Gasteiger partial charge on any atom is -0.323 e. The Bertz CT molecular complexity index is 493. The largest absolute Gasteiger partial charge is 0.323 e. The Balaban J connectivity index is 2.81.